The number of aliphatic hydroxyl groups is 2. The molecule has 0 unspecified atom stereocenters. The Bertz CT molecular complexity index is 805. The lowest BCUT2D eigenvalue weighted by atomic mass is 9.47. The number of aliphatic hydroxyl groups excluding tert-OH is 2. The molecule has 4 fully saturated rings. The van der Waals surface area contributed by atoms with Gasteiger partial charge in [-0.25, -0.2) is 0 Å². The summed E-state index contributed by atoms with van der Waals surface area (Å²) in [4.78, 5) is 17.3. The van der Waals surface area contributed by atoms with E-state index in [-0.39, 0.29) is 12.7 Å². The SMILES string of the molecule is C[C@H](CCC(=O)N1CCN(CCO)CC1)[C@H]1CC[C@H]2[C@@H]3CC=C4C[C@@H](O)CC[C@]4(C)[C@H]3CC[C@]12C. The number of allylic oxidation sites excluding steroid dienone is 1. The number of piperazine rings is 1. The largest absolute Gasteiger partial charge is 0.395 e. The van der Waals surface area contributed by atoms with Gasteiger partial charge < -0.3 is 15.1 Å². The van der Waals surface area contributed by atoms with Crippen molar-refractivity contribution in [1.82, 2.24) is 9.80 Å². The van der Waals surface area contributed by atoms with Crippen LogP contribution in [-0.4, -0.2) is 71.4 Å². The van der Waals surface area contributed by atoms with Crippen molar-refractivity contribution in [3.63, 3.8) is 0 Å². The molecule has 2 N–H and O–H groups in total. The van der Waals surface area contributed by atoms with Gasteiger partial charge in [-0.1, -0.05) is 32.4 Å². The van der Waals surface area contributed by atoms with Crippen LogP contribution >= 0.6 is 0 Å². The molecule has 5 aliphatic rings. The summed E-state index contributed by atoms with van der Waals surface area (Å²) in [5, 5.41) is 19.4. The summed E-state index contributed by atoms with van der Waals surface area (Å²) in [5.74, 6) is 4.12. The van der Waals surface area contributed by atoms with E-state index >= 15 is 0 Å². The number of hydrogen-bond acceptors (Lipinski definition) is 4. The van der Waals surface area contributed by atoms with Crippen LogP contribution in [-0.2, 0) is 4.79 Å². The predicted molar refractivity (Wildman–Crippen MR) is 140 cm³/mol. The molecule has 1 amide bonds. The number of rotatable bonds is 6. The fourth-order valence-electron chi connectivity index (χ4n) is 9.69. The van der Waals surface area contributed by atoms with Gasteiger partial charge in [-0.05, 0) is 98.2 Å². The van der Waals surface area contributed by atoms with Gasteiger partial charge in [0, 0.05) is 39.1 Å². The Balaban J connectivity index is 1.19. The van der Waals surface area contributed by atoms with E-state index in [0.717, 1.165) is 75.7 Å². The number of amides is 1. The van der Waals surface area contributed by atoms with Gasteiger partial charge in [-0.3, -0.25) is 9.69 Å². The Labute approximate surface area is 213 Å². The number of β-amino-alcohol motifs (C(OH)–C–C–N with tert-alkyl or cyclic N) is 1. The van der Waals surface area contributed by atoms with Crippen molar-refractivity contribution in [3.05, 3.63) is 11.6 Å². The van der Waals surface area contributed by atoms with Crippen LogP contribution in [0, 0.1) is 40.4 Å². The van der Waals surface area contributed by atoms with Gasteiger partial charge in [0.15, 0.2) is 0 Å². The molecule has 1 aliphatic heterocycles. The highest BCUT2D eigenvalue weighted by molar-refractivity contribution is 5.76. The highest BCUT2D eigenvalue weighted by Gasteiger charge is 2.59. The van der Waals surface area contributed by atoms with Gasteiger partial charge in [0.05, 0.1) is 12.7 Å². The van der Waals surface area contributed by atoms with Crippen molar-refractivity contribution in [2.75, 3.05) is 39.3 Å². The molecule has 0 spiro atoms. The smallest absolute Gasteiger partial charge is 0.222 e. The molecule has 0 radical (unpaired) electrons. The standard InChI is InChI=1S/C30H50N2O3/c1-21(4-9-28(35)32-16-14-31(15-17-32)18-19-33)25-7-8-26-24-6-5-22-20-23(34)10-12-29(22,2)27(24)11-13-30(25,26)3/h5,21,23-27,33-34H,4,6-20H2,1-3H3/t21-,23+,24+,25-,26+,27+,29+,30-/m1/s1. The van der Waals surface area contributed by atoms with Crippen LogP contribution in [0.3, 0.4) is 0 Å². The third kappa shape index (κ3) is 4.63. The summed E-state index contributed by atoms with van der Waals surface area (Å²) in [6.07, 6.45) is 13.8. The van der Waals surface area contributed by atoms with Gasteiger partial charge >= 0.3 is 0 Å². The maximum Gasteiger partial charge on any atom is 0.222 e. The molecule has 1 saturated heterocycles. The Morgan fingerprint density at radius 2 is 1.86 bits per heavy atom. The van der Waals surface area contributed by atoms with Gasteiger partial charge in [-0.15, -0.1) is 0 Å². The molecule has 1 heterocycles. The van der Waals surface area contributed by atoms with Gasteiger partial charge in [0.1, 0.15) is 0 Å². The first-order valence-electron chi connectivity index (χ1n) is 14.7. The number of fused-ring (bicyclic) bond motifs is 5. The summed E-state index contributed by atoms with van der Waals surface area (Å²) in [5.41, 5.74) is 2.32. The van der Waals surface area contributed by atoms with Crippen molar-refractivity contribution in [3.8, 4) is 0 Å². The number of carbonyl (C=O) groups excluding carboxylic acids is 1. The molecule has 35 heavy (non-hydrogen) atoms. The molecule has 5 rings (SSSR count). The van der Waals surface area contributed by atoms with E-state index in [0.29, 0.717) is 29.1 Å². The zero-order valence-corrected chi connectivity index (χ0v) is 22.6. The molecule has 0 bridgehead atoms. The van der Waals surface area contributed by atoms with E-state index in [1.165, 1.54) is 38.5 Å². The van der Waals surface area contributed by atoms with Crippen LogP contribution in [0.2, 0.25) is 0 Å². The Kier molecular flexibility index (Phi) is 7.42. The highest BCUT2D eigenvalue weighted by atomic mass is 16.3. The van der Waals surface area contributed by atoms with Crippen LogP contribution in [0.4, 0.5) is 0 Å². The van der Waals surface area contributed by atoms with E-state index in [9.17, 15) is 9.90 Å². The van der Waals surface area contributed by atoms with Gasteiger partial charge in [-0.2, -0.15) is 0 Å². The van der Waals surface area contributed by atoms with Crippen molar-refractivity contribution >= 4 is 5.91 Å². The first-order chi connectivity index (χ1) is 16.8. The zero-order valence-electron chi connectivity index (χ0n) is 22.6. The molecule has 0 aromatic heterocycles. The van der Waals surface area contributed by atoms with Crippen LogP contribution in [0.5, 0.6) is 0 Å². The molecule has 198 valence electrons. The predicted octanol–water partition coefficient (Wildman–Crippen LogP) is 4.48. The van der Waals surface area contributed by atoms with E-state index in [2.05, 4.69) is 36.6 Å². The molecule has 3 saturated carbocycles. The van der Waals surface area contributed by atoms with Crippen molar-refractivity contribution in [2.45, 2.75) is 91.1 Å². The van der Waals surface area contributed by atoms with E-state index < -0.39 is 0 Å². The first kappa shape index (κ1) is 25.7. The quantitative estimate of drug-likeness (QED) is 0.544. The Morgan fingerprint density at radius 3 is 2.60 bits per heavy atom. The zero-order chi connectivity index (χ0) is 24.8. The minimum Gasteiger partial charge on any atom is -0.395 e. The average Bonchev–Trinajstić information content (AvgIpc) is 3.21. The van der Waals surface area contributed by atoms with Crippen LogP contribution in [0.15, 0.2) is 11.6 Å². The lowest BCUT2D eigenvalue weighted by Crippen LogP contribution is -2.51. The topological polar surface area (TPSA) is 64.0 Å². The first-order valence-corrected chi connectivity index (χ1v) is 14.7. The minimum absolute atomic E-state index is 0.122. The fourth-order valence-corrected chi connectivity index (χ4v) is 9.69. The highest BCUT2D eigenvalue weighted by Crippen LogP contribution is 2.67. The summed E-state index contributed by atoms with van der Waals surface area (Å²) < 4.78 is 0. The molecular formula is C30H50N2O3. The molecule has 0 aromatic carbocycles. The summed E-state index contributed by atoms with van der Waals surface area (Å²) in [6, 6.07) is 0. The Morgan fingerprint density at radius 1 is 1.09 bits per heavy atom. The maximum absolute atomic E-state index is 13.0. The van der Waals surface area contributed by atoms with Crippen LogP contribution < -0.4 is 0 Å². The van der Waals surface area contributed by atoms with Crippen LogP contribution in [0.25, 0.3) is 0 Å². The number of hydrogen-bond donors (Lipinski definition) is 2. The molecule has 5 heteroatoms. The molecular weight excluding hydrogens is 436 g/mol. The summed E-state index contributed by atoms with van der Waals surface area (Å²) >= 11 is 0. The third-order valence-electron chi connectivity index (χ3n) is 11.8. The fraction of sp³-hybridized carbons (Fsp3) is 0.900. The molecule has 5 nitrogen and oxygen atoms in total. The third-order valence-corrected chi connectivity index (χ3v) is 11.8. The monoisotopic (exact) mass is 486 g/mol. The summed E-state index contributed by atoms with van der Waals surface area (Å²) in [7, 11) is 0. The molecule has 4 aliphatic carbocycles. The van der Waals surface area contributed by atoms with E-state index in [1.807, 2.05) is 0 Å². The Hall–Kier alpha value is -0.910. The number of carbonyl (C=O) groups is 1. The van der Waals surface area contributed by atoms with Gasteiger partial charge in [0.2, 0.25) is 5.91 Å². The van der Waals surface area contributed by atoms with Crippen LogP contribution in [0.1, 0.15) is 85.0 Å². The van der Waals surface area contributed by atoms with Crippen molar-refractivity contribution < 1.29 is 15.0 Å². The van der Waals surface area contributed by atoms with Crippen molar-refractivity contribution in [2.24, 2.45) is 40.4 Å². The molecule has 0 aromatic rings. The average molecular weight is 487 g/mol. The van der Waals surface area contributed by atoms with E-state index in [1.54, 1.807) is 5.57 Å². The lowest BCUT2D eigenvalue weighted by molar-refractivity contribution is -0.133. The van der Waals surface area contributed by atoms with E-state index in [4.69, 9.17) is 5.11 Å². The lowest BCUT2D eigenvalue weighted by Gasteiger charge is -2.58. The second kappa shape index (κ2) is 10.1. The normalized spacial score (nSPS) is 42.6. The molecule has 8 atom stereocenters. The van der Waals surface area contributed by atoms with Crippen molar-refractivity contribution in [1.29, 1.82) is 0 Å². The van der Waals surface area contributed by atoms with Gasteiger partial charge in [0.25, 0.3) is 0 Å². The number of nitrogens with zero attached hydrogens (tertiary/aromatic N) is 2. The minimum atomic E-state index is -0.122. The second-order valence-electron chi connectivity index (χ2n) is 13.3. The second-order valence-corrected chi connectivity index (χ2v) is 13.3. The summed E-state index contributed by atoms with van der Waals surface area (Å²) in [6.45, 7) is 11.9. The maximum atomic E-state index is 13.0.